The molecule has 92 valence electrons. The topological polar surface area (TPSA) is 31.1 Å². The second-order valence-corrected chi connectivity index (χ2v) is 6.27. The fraction of sp³-hybridized carbons (Fsp3) is 0.538. The van der Waals surface area contributed by atoms with Crippen LogP contribution in [0.5, 0.6) is 0 Å². The minimum absolute atomic E-state index is 0.452. The van der Waals surface area contributed by atoms with E-state index in [1.54, 1.807) is 0 Å². The molecule has 0 bridgehead atoms. The SMILES string of the molecule is Cc1sc2cc(C3CN(C)CCN3)[nH]c2c1C. The fourth-order valence-electron chi connectivity index (χ4n) is 2.53. The molecule has 1 unspecified atom stereocenters. The van der Waals surface area contributed by atoms with Crippen LogP contribution in [0.1, 0.15) is 22.2 Å². The zero-order valence-corrected chi connectivity index (χ0v) is 11.4. The van der Waals surface area contributed by atoms with Gasteiger partial charge in [-0.3, -0.25) is 0 Å². The van der Waals surface area contributed by atoms with E-state index >= 15 is 0 Å². The van der Waals surface area contributed by atoms with E-state index < -0.39 is 0 Å². The molecule has 4 heteroatoms. The molecule has 2 N–H and O–H groups in total. The van der Waals surface area contributed by atoms with E-state index in [2.05, 4.69) is 42.2 Å². The first kappa shape index (κ1) is 11.3. The summed E-state index contributed by atoms with van der Waals surface area (Å²) >= 11 is 1.89. The van der Waals surface area contributed by atoms with E-state index in [1.165, 1.54) is 26.4 Å². The van der Waals surface area contributed by atoms with Crippen molar-refractivity contribution in [2.75, 3.05) is 26.7 Å². The van der Waals surface area contributed by atoms with Gasteiger partial charge in [0.2, 0.25) is 0 Å². The standard InChI is InChI=1S/C13H19N3S/c1-8-9(2)17-12-6-10(15-13(8)12)11-7-16(3)5-4-14-11/h6,11,14-15H,4-5,7H2,1-3H3. The van der Waals surface area contributed by atoms with Crippen LogP contribution in [0, 0.1) is 13.8 Å². The first-order valence-electron chi connectivity index (χ1n) is 6.15. The number of thiophene rings is 1. The summed E-state index contributed by atoms with van der Waals surface area (Å²) < 4.78 is 1.39. The number of nitrogens with one attached hydrogen (secondary N) is 2. The van der Waals surface area contributed by atoms with Crippen LogP contribution in [0.25, 0.3) is 10.2 Å². The molecule has 3 rings (SSSR count). The zero-order valence-electron chi connectivity index (χ0n) is 10.6. The predicted molar refractivity (Wildman–Crippen MR) is 73.9 cm³/mol. The van der Waals surface area contributed by atoms with Gasteiger partial charge in [-0.2, -0.15) is 0 Å². The Labute approximate surface area is 106 Å². The molecule has 1 fully saturated rings. The molecule has 1 aliphatic rings. The van der Waals surface area contributed by atoms with Crippen LogP contribution in [0.15, 0.2) is 6.07 Å². The fourth-order valence-corrected chi connectivity index (χ4v) is 3.60. The summed E-state index contributed by atoms with van der Waals surface area (Å²) in [5.74, 6) is 0. The van der Waals surface area contributed by atoms with E-state index in [1.807, 2.05) is 11.3 Å². The van der Waals surface area contributed by atoms with Crippen molar-refractivity contribution >= 4 is 21.6 Å². The van der Waals surface area contributed by atoms with Gasteiger partial charge in [-0.15, -0.1) is 11.3 Å². The highest BCUT2D eigenvalue weighted by Crippen LogP contribution is 2.32. The van der Waals surface area contributed by atoms with Gasteiger partial charge < -0.3 is 15.2 Å². The third-order valence-electron chi connectivity index (χ3n) is 3.72. The van der Waals surface area contributed by atoms with E-state index in [0.29, 0.717) is 6.04 Å². The highest BCUT2D eigenvalue weighted by Gasteiger charge is 2.20. The number of hydrogen-bond acceptors (Lipinski definition) is 3. The van der Waals surface area contributed by atoms with E-state index in [0.717, 1.165) is 19.6 Å². The molecule has 3 heterocycles. The summed E-state index contributed by atoms with van der Waals surface area (Å²) in [6.45, 7) is 7.70. The lowest BCUT2D eigenvalue weighted by Crippen LogP contribution is -2.43. The average molecular weight is 249 g/mol. The van der Waals surface area contributed by atoms with Gasteiger partial charge in [-0.1, -0.05) is 0 Å². The Balaban J connectivity index is 1.95. The number of rotatable bonds is 1. The number of aromatic amines is 1. The Kier molecular flexibility index (Phi) is 2.73. The predicted octanol–water partition coefficient (Wildman–Crippen LogP) is 2.42. The van der Waals surface area contributed by atoms with Crippen LogP contribution in [0.3, 0.4) is 0 Å². The molecule has 17 heavy (non-hydrogen) atoms. The first-order chi connectivity index (χ1) is 8.15. The quantitative estimate of drug-likeness (QED) is 0.813. The van der Waals surface area contributed by atoms with Crippen molar-refractivity contribution in [3.05, 3.63) is 22.2 Å². The molecule has 1 aliphatic heterocycles. The molecule has 0 spiro atoms. The Morgan fingerprint density at radius 2 is 2.24 bits per heavy atom. The lowest BCUT2D eigenvalue weighted by molar-refractivity contribution is 0.239. The number of piperazine rings is 1. The van der Waals surface area contributed by atoms with Gasteiger partial charge in [0.1, 0.15) is 0 Å². The lowest BCUT2D eigenvalue weighted by atomic mass is 10.1. The molecule has 1 saturated heterocycles. The minimum Gasteiger partial charge on any atom is -0.356 e. The number of aromatic nitrogens is 1. The van der Waals surface area contributed by atoms with E-state index in [4.69, 9.17) is 0 Å². The third-order valence-corrected chi connectivity index (χ3v) is 4.88. The van der Waals surface area contributed by atoms with Gasteiger partial charge in [0.15, 0.2) is 0 Å². The maximum absolute atomic E-state index is 3.60. The van der Waals surface area contributed by atoms with Crippen LogP contribution in [-0.2, 0) is 0 Å². The van der Waals surface area contributed by atoms with Gasteiger partial charge in [-0.05, 0) is 32.5 Å². The zero-order chi connectivity index (χ0) is 12.0. The maximum Gasteiger partial charge on any atom is 0.0603 e. The highest BCUT2D eigenvalue weighted by atomic mass is 32.1. The van der Waals surface area contributed by atoms with Crippen molar-refractivity contribution in [3.8, 4) is 0 Å². The number of aryl methyl sites for hydroxylation is 2. The van der Waals surface area contributed by atoms with E-state index in [9.17, 15) is 0 Å². The number of nitrogens with zero attached hydrogens (tertiary/aromatic N) is 1. The minimum atomic E-state index is 0.452. The summed E-state index contributed by atoms with van der Waals surface area (Å²) in [7, 11) is 2.19. The van der Waals surface area contributed by atoms with Crippen molar-refractivity contribution < 1.29 is 0 Å². The molecular weight excluding hydrogens is 230 g/mol. The van der Waals surface area contributed by atoms with Gasteiger partial charge in [0.05, 0.1) is 16.3 Å². The van der Waals surface area contributed by atoms with Crippen LogP contribution < -0.4 is 5.32 Å². The molecule has 3 nitrogen and oxygen atoms in total. The average Bonchev–Trinajstić information content (AvgIpc) is 2.81. The molecule has 0 radical (unpaired) electrons. The first-order valence-corrected chi connectivity index (χ1v) is 6.97. The Hall–Kier alpha value is -0.840. The smallest absolute Gasteiger partial charge is 0.0603 e. The Morgan fingerprint density at radius 1 is 1.41 bits per heavy atom. The summed E-state index contributed by atoms with van der Waals surface area (Å²) in [5, 5.41) is 3.58. The molecule has 0 aliphatic carbocycles. The van der Waals surface area contributed by atoms with Crippen molar-refractivity contribution in [2.24, 2.45) is 0 Å². The normalized spacial score (nSPS) is 22.4. The summed E-state index contributed by atoms with van der Waals surface area (Å²) in [4.78, 5) is 7.40. The Bertz CT molecular complexity index is 540. The monoisotopic (exact) mass is 249 g/mol. The molecule has 0 amide bonds. The number of fused-ring (bicyclic) bond motifs is 1. The van der Waals surface area contributed by atoms with Gasteiger partial charge in [0.25, 0.3) is 0 Å². The third kappa shape index (κ3) is 1.90. The van der Waals surface area contributed by atoms with Crippen molar-refractivity contribution in [1.82, 2.24) is 15.2 Å². The second-order valence-electron chi connectivity index (χ2n) is 5.02. The summed E-state index contributed by atoms with van der Waals surface area (Å²) in [6.07, 6.45) is 0. The summed E-state index contributed by atoms with van der Waals surface area (Å²) in [6, 6.07) is 2.77. The maximum atomic E-state index is 3.60. The van der Waals surface area contributed by atoms with Gasteiger partial charge >= 0.3 is 0 Å². The molecule has 0 aromatic carbocycles. The lowest BCUT2D eigenvalue weighted by Gasteiger charge is -2.30. The van der Waals surface area contributed by atoms with Crippen LogP contribution in [-0.4, -0.2) is 36.6 Å². The number of likely N-dealkylation sites (N-methyl/N-ethyl adjacent to an activating group) is 1. The Morgan fingerprint density at radius 3 is 2.94 bits per heavy atom. The molecule has 2 aromatic heterocycles. The van der Waals surface area contributed by atoms with Crippen molar-refractivity contribution in [2.45, 2.75) is 19.9 Å². The van der Waals surface area contributed by atoms with Crippen LogP contribution >= 0.6 is 11.3 Å². The molecule has 2 aromatic rings. The van der Waals surface area contributed by atoms with Crippen molar-refractivity contribution in [3.63, 3.8) is 0 Å². The number of hydrogen-bond donors (Lipinski definition) is 2. The summed E-state index contributed by atoms with van der Waals surface area (Å²) in [5.41, 5.74) is 4.07. The van der Waals surface area contributed by atoms with Crippen LogP contribution in [0.2, 0.25) is 0 Å². The highest BCUT2D eigenvalue weighted by molar-refractivity contribution is 7.19. The van der Waals surface area contributed by atoms with Crippen LogP contribution in [0.4, 0.5) is 0 Å². The molecule has 0 saturated carbocycles. The van der Waals surface area contributed by atoms with Gasteiger partial charge in [-0.25, -0.2) is 0 Å². The second kappa shape index (κ2) is 4.12. The van der Waals surface area contributed by atoms with E-state index in [-0.39, 0.29) is 0 Å². The molecular formula is C13H19N3S. The number of H-pyrrole nitrogens is 1. The largest absolute Gasteiger partial charge is 0.356 e. The van der Waals surface area contributed by atoms with Gasteiger partial charge in [0, 0.05) is 30.2 Å². The molecule has 1 atom stereocenters. The van der Waals surface area contributed by atoms with Crippen molar-refractivity contribution in [1.29, 1.82) is 0 Å².